The molecule has 0 aliphatic carbocycles. The summed E-state index contributed by atoms with van der Waals surface area (Å²) >= 11 is 0. The van der Waals surface area contributed by atoms with Gasteiger partial charge in [-0.3, -0.25) is 9.79 Å². The van der Waals surface area contributed by atoms with Crippen molar-refractivity contribution in [1.82, 2.24) is 15.1 Å². The van der Waals surface area contributed by atoms with Crippen LogP contribution in [0.15, 0.2) is 52.1 Å². The molecule has 0 bridgehead atoms. The van der Waals surface area contributed by atoms with E-state index in [-0.39, 0.29) is 12.5 Å². The Hall–Kier alpha value is -3.00. The van der Waals surface area contributed by atoms with Crippen LogP contribution in [0.25, 0.3) is 0 Å². The number of carbonyl (C=O) groups is 1. The van der Waals surface area contributed by atoms with E-state index in [2.05, 4.69) is 15.2 Å². The lowest BCUT2D eigenvalue weighted by atomic mass is 10.1. The fourth-order valence-corrected chi connectivity index (χ4v) is 3.21. The van der Waals surface area contributed by atoms with Crippen LogP contribution in [0.5, 0.6) is 5.75 Å². The zero-order valence-electron chi connectivity index (χ0n) is 16.9. The van der Waals surface area contributed by atoms with Crippen LogP contribution in [-0.2, 0) is 0 Å². The van der Waals surface area contributed by atoms with E-state index in [0.717, 1.165) is 23.8 Å². The number of aliphatic hydroxyl groups excluding tert-OH is 1. The summed E-state index contributed by atoms with van der Waals surface area (Å²) in [5.41, 5.74) is 0.791. The number of hydrogen-bond acceptors (Lipinski definition) is 5. The van der Waals surface area contributed by atoms with Gasteiger partial charge in [0.2, 0.25) is 0 Å². The van der Waals surface area contributed by atoms with Gasteiger partial charge in [-0.15, -0.1) is 0 Å². The summed E-state index contributed by atoms with van der Waals surface area (Å²) < 4.78 is 10.4. The molecule has 2 N–H and O–H groups in total. The summed E-state index contributed by atoms with van der Waals surface area (Å²) in [6.07, 6.45) is 0.810. The number of aliphatic imine (C=N–C) groups is 1. The van der Waals surface area contributed by atoms with Gasteiger partial charge < -0.3 is 29.4 Å². The van der Waals surface area contributed by atoms with Crippen molar-refractivity contribution in [2.75, 3.05) is 46.4 Å². The zero-order valence-corrected chi connectivity index (χ0v) is 16.9. The summed E-state index contributed by atoms with van der Waals surface area (Å²) in [6.45, 7) is 5.49. The molecule has 3 rings (SSSR count). The van der Waals surface area contributed by atoms with E-state index in [1.165, 1.54) is 6.26 Å². The van der Waals surface area contributed by atoms with Gasteiger partial charge in [0, 0.05) is 32.7 Å². The maximum atomic E-state index is 12.4. The zero-order chi connectivity index (χ0) is 20.6. The second-order valence-corrected chi connectivity index (χ2v) is 6.74. The summed E-state index contributed by atoms with van der Waals surface area (Å²) in [5, 5.41) is 13.7. The second kappa shape index (κ2) is 9.97. The standard InChI is InChI=1S/C21H28N4O4/c1-3-22-21(23-15-18(26)16-6-8-17(28-2)9-7-16)25-12-10-24(11-13-25)20(27)19-5-4-14-29-19/h4-9,14,18,26H,3,10-13,15H2,1-2H3,(H,22,23). The number of nitrogens with zero attached hydrogens (tertiary/aromatic N) is 3. The van der Waals surface area contributed by atoms with E-state index in [1.807, 2.05) is 31.2 Å². The molecule has 1 aliphatic heterocycles. The summed E-state index contributed by atoms with van der Waals surface area (Å²) in [7, 11) is 1.61. The average molecular weight is 400 g/mol. The van der Waals surface area contributed by atoms with E-state index in [1.54, 1.807) is 24.1 Å². The van der Waals surface area contributed by atoms with Gasteiger partial charge in [0.05, 0.1) is 26.0 Å². The lowest BCUT2D eigenvalue weighted by molar-refractivity contribution is 0.0657. The third-order valence-corrected chi connectivity index (χ3v) is 4.85. The number of rotatable bonds is 6. The van der Waals surface area contributed by atoms with Crippen LogP contribution in [0.4, 0.5) is 0 Å². The van der Waals surface area contributed by atoms with E-state index < -0.39 is 6.10 Å². The molecule has 8 heteroatoms. The van der Waals surface area contributed by atoms with Crippen molar-refractivity contribution in [3.63, 3.8) is 0 Å². The highest BCUT2D eigenvalue weighted by Crippen LogP contribution is 2.18. The van der Waals surface area contributed by atoms with Gasteiger partial charge in [0.1, 0.15) is 5.75 Å². The summed E-state index contributed by atoms with van der Waals surface area (Å²) in [5.74, 6) is 1.76. The number of amides is 1. The van der Waals surface area contributed by atoms with Crippen molar-refractivity contribution in [1.29, 1.82) is 0 Å². The first-order valence-electron chi connectivity index (χ1n) is 9.80. The Balaban J connectivity index is 1.58. The fourth-order valence-electron chi connectivity index (χ4n) is 3.21. The maximum absolute atomic E-state index is 12.4. The Bertz CT molecular complexity index is 797. The maximum Gasteiger partial charge on any atom is 0.289 e. The first-order chi connectivity index (χ1) is 14.1. The molecule has 1 aromatic carbocycles. The van der Waals surface area contributed by atoms with Crippen LogP contribution < -0.4 is 10.1 Å². The quantitative estimate of drug-likeness (QED) is 0.567. The fraction of sp³-hybridized carbons (Fsp3) is 0.429. The minimum atomic E-state index is -0.698. The van der Waals surface area contributed by atoms with Crippen molar-refractivity contribution in [2.45, 2.75) is 13.0 Å². The van der Waals surface area contributed by atoms with Gasteiger partial charge in [0.15, 0.2) is 11.7 Å². The molecule has 156 valence electrons. The monoisotopic (exact) mass is 400 g/mol. The van der Waals surface area contributed by atoms with Gasteiger partial charge in [-0.1, -0.05) is 12.1 Å². The number of ether oxygens (including phenoxy) is 1. The highest BCUT2D eigenvalue weighted by Gasteiger charge is 2.25. The van der Waals surface area contributed by atoms with Crippen LogP contribution in [0.1, 0.15) is 29.1 Å². The molecule has 2 heterocycles. The lowest BCUT2D eigenvalue weighted by Gasteiger charge is -2.36. The van der Waals surface area contributed by atoms with Crippen molar-refractivity contribution in [3.05, 3.63) is 54.0 Å². The van der Waals surface area contributed by atoms with Crippen molar-refractivity contribution in [3.8, 4) is 5.75 Å². The average Bonchev–Trinajstić information content (AvgIpc) is 3.31. The van der Waals surface area contributed by atoms with Gasteiger partial charge >= 0.3 is 0 Å². The van der Waals surface area contributed by atoms with E-state index in [0.29, 0.717) is 31.9 Å². The van der Waals surface area contributed by atoms with Gasteiger partial charge in [-0.25, -0.2) is 0 Å². The van der Waals surface area contributed by atoms with Gasteiger partial charge in [-0.05, 0) is 36.8 Å². The third kappa shape index (κ3) is 5.29. The Morgan fingerprint density at radius 2 is 1.90 bits per heavy atom. The van der Waals surface area contributed by atoms with E-state index in [9.17, 15) is 9.90 Å². The number of benzene rings is 1. The number of piperazine rings is 1. The molecule has 1 aliphatic rings. The molecule has 1 fully saturated rings. The normalized spacial score (nSPS) is 15.9. The molecule has 0 spiro atoms. The summed E-state index contributed by atoms with van der Waals surface area (Å²) in [6, 6.07) is 10.7. The predicted molar refractivity (Wildman–Crippen MR) is 110 cm³/mol. The molecule has 29 heavy (non-hydrogen) atoms. The largest absolute Gasteiger partial charge is 0.497 e. The SMILES string of the molecule is CCNC(=NCC(O)c1ccc(OC)cc1)N1CCN(C(=O)c2ccco2)CC1. The van der Waals surface area contributed by atoms with E-state index >= 15 is 0 Å². The van der Waals surface area contributed by atoms with Gasteiger partial charge in [-0.2, -0.15) is 0 Å². The molecule has 0 saturated carbocycles. The van der Waals surface area contributed by atoms with Gasteiger partial charge in [0.25, 0.3) is 5.91 Å². The highest BCUT2D eigenvalue weighted by atomic mass is 16.5. The molecule has 0 radical (unpaired) electrons. The second-order valence-electron chi connectivity index (χ2n) is 6.74. The molecule has 2 aromatic rings. The molecule has 8 nitrogen and oxygen atoms in total. The Kier molecular flexibility index (Phi) is 7.13. The number of hydrogen-bond donors (Lipinski definition) is 2. The highest BCUT2D eigenvalue weighted by molar-refractivity contribution is 5.91. The van der Waals surface area contributed by atoms with Crippen molar-refractivity contribution >= 4 is 11.9 Å². The molecule has 1 saturated heterocycles. The van der Waals surface area contributed by atoms with Crippen LogP contribution in [0.3, 0.4) is 0 Å². The molecular weight excluding hydrogens is 372 g/mol. The number of methoxy groups -OCH3 is 1. The first kappa shape index (κ1) is 20.7. The summed E-state index contributed by atoms with van der Waals surface area (Å²) in [4.78, 5) is 20.9. The topological polar surface area (TPSA) is 90.5 Å². The minimum absolute atomic E-state index is 0.0912. The van der Waals surface area contributed by atoms with Crippen molar-refractivity contribution in [2.24, 2.45) is 4.99 Å². The van der Waals surface area contributed by atoms with Crippen LogP contribution >= 0.6 is 0 Å². The Morgan fingerprint density at radius 3 is 2.48 bits per heavy atom. The Labute approximate surface area is 170 Å². The first-order valence-corrected chi connectivity index (χ1v) is 9.80. The number of guanidine groups is 1. The number of nitrogens with one attached hydrogen (secondary N) is 1. The number of aliphatic hydroxyl groups is 1. The third-order valence-electron chi connectivity index (χ3n) is 4.85. The van der Waals surface area contributed by atoms with Crippen LogP contribution in [-0.4, -0.2) is 73.2 Å². The number of furan rings is 1. The smallest absolute Gasteiger partial charge is 0.289 e. The van der Waals surface area contributed by atoms with Crippen molar-refractivity contribution < 1.29 is 19.1 Å². The van der Waals surface area contributed by atoms with Crippen LogP contribution in [0, 0.1) is 0 Å². The minimum Gasteiger partial charge on any atom is -0.497 e. The Morgan fingerprint density at radius 1 is 1.21 bits per heavy atom. The molecule has 1 amide bonds. The lowest BCUT2D eigenvalue weighted by Crippen LogP contribution is -2.53. The molecule has 1 unspecified atom stereocenters. The molecule has 1 atom stereocenters. The predicted octanol–water partition coefficient (Wildman–Crippen LogP) is 1.75. The number of carbonyl (C=O) groups excluding carboxylic acids is 1. The molecular formula is C21H28N4O4. The van der Waals surface area contributed by atoms with Crippen LogP contribution in [0.2, 0.25) is 0 Å². The molecule has 1 aromatic heterocycles. The van der Waals surface area contributed by atoms with E-state index in [4.69, 9.17) is 9.15 Å².